The van der Waals surface area contributed by atoms with Crippen LogP contribution in [0.1, 0.15) is 5.56 Å². The number of nitrogen functional groups attached to an aromatic ring is 1. The van der Waals surface area contributed by atoms with E-state index in [1.165, 1.54) is 6.07 Å². The molecule has 1 nitrogen and oxygen atoms in total. The van der Waals surface area contributed by atoms with Gasteiger partial charge in [-0.1, -0.05) is 23.7 Å². The number of halogens is 2. The van der Waals surface area contributed by atoms with Crippen molar-refractivity contribution in [1.82, 2.24) is 0 Å². The van der Waals surface area contributed by atoms with Crippen molar-refractivity contribution in [1.29, 1.82) is 0 Å². The maximum Gasteiger partial charge on any atom is 0.146 e. The molecule has 88 valence electrons. The maximum atomic E-state index is 13.0. The van der Waals surface area contributed by atoms with Crippen molar-refractivity contribution in [2.24, 2.45) is 0 Å². The summed E-state index contributed by atoms with van der Waals surface area (Å²) < 4.78 is 13.0. The van der Waals surface area contributed by atoms with Crippen LogP contribution in [0.4, 0.5) is 10.1 Å². The van der Waals surface area contributed by atoms with E-state index in [-0.39, 0.29) is 11.5 Å². The monoisotopic (exact) mass is 267 g/mol. The molecule has 17 heavy (non-hydrogen) atoms. The van der Waals surface area contributed by atoms with Crippen molar-refractivity contribution >= 4 is 29.1 Å². The Bertz CT molecular complexity index is 531. The Morgan fingerprint density at radius 3 is 2.71 bits per heavy atom. The lowest BCUT2D eigenvalue weighted by Gasteiger charge is -2.04. The van der Waals surface area contributed by atoms with Gasteiger partial charge in [-0.05, 0) is 35.9 Å². The number of anilines is 1. The fraction of sp³-hybridized carbons (Fsp3) is 0.0769. The quantitative estimate of drug-likeness (QED) is 0.661. The molecule has 0 unspecified atom stereocenters. The normalized spacial score (nSPS) is 10.5. The van der Waals surface area contributed by atoms with E-state index in [0.29, 0.717) is 0 Å². The van der Waals surface area contributed by atoms with Gasteiger partial charge in [-0.3, -0.25) is 0 Å². The van der Waals surface area contributed by atoms with Crippen LogP contribution in [-0.2, 0) is 5.75 Å². The topological polar surface area (TPSA) is 26.0 Å². The predicted octanol–water partition coefficient (Wildman–Crippen LogP) is 4.35. The summed E-state index contributed by atoms with van der Waals surface area (Å²) >= 11 is 7.49. The van der Waals surface area contributed by atoms with Crippen molar-refractivity contribution < 1.29 is 4.39 Å². The molecule has 0 amide bonds. The van der Waals surface area contributed by atoms with Crippen molar-refractivity contribution in [2.75, 3.05) is 5.73 Å². The molecule has 0 heterocycles. The van der Waals surface area contributed by atoms with Gasteiger partial charge in [-0.25, -0.2) is 4.39 Å². The highest BCUT2D eigenvalue weighted by molar-refractivity contribution is 7.98. The summed E-state index contributed by atoms with van der Waals surface area (Å²) in [6, 6.07) is 12.4. The Labute approximate surface area is 109 Å². The Morgan fingerprint density at radius 1 is 1.18 bits per heavy atom. The van der Waals surface area contributed by atoms with E-state index >= 15 is 0 Å². The van der Waals surface area contributed by atoms with Crippen LogP contribution in [0.2, 0.25) is 5.02 Å². The zero-order chi connectivity index (χ0) is 12.3. The highest BCUT2D eigenvalue weighted by Crippen LogP contribution is 2.26. The third kappa shape index (κ3) is 3.38. The molecular weight excluding hydrogens is 257 g/mol. The second kappa shape index (κ2) is 5.43. The lowest BCUT2D eigenvalue weighted by molar-refractivity contribution is 0.631. The van der Waals surface area contributed by atoms with Gasteiger partial charge in [0, 0.05) is 15.7 Å². The molecule has 4 heteroatoms. The van der Waals surface area contributed by atoms with Gasteiger partial charge in [0.1, 0.15) is 5.82 Å². The first-order valence-electron chi connectivity index (χ1n) is 5.07. The van der Waals surface area contributed by atoms with Crippen LogP contribution in [-0.4, -0.2) is 0 Å². The van der Waals surface area contributed by atoms with E-state index in [2.05, 4.69) is 0 Å². The smallest absolute Gasteiger partial charge is 0.146 e. The van der Waals surface area contributed by atoms with Crippen LogP contribution >= 0.6 is 23.4 Å². The van der Waals surface area contributed by atoms with Gasteiger partial charge < -0.3 is 5.73 Å². The van der Waals surface area contributed by atoms with E-state index < -0.39 is 0 Å². The molecule has 0 spiro atoms. The SMILES string of the molecule is Nc1cc(SCc2cccc(Cl)c2)ccc1F. The largest absolute Gasteiger partial charge is 0.396 e. The van der Waals surface area contributed by atoms with Gasteiger partial charge in [0.05, 0.1) is 5.69 Å². The fourth-order valence-electron chi connectivity index (χ4n) is 1.41. The number of thioether (sulfide) groups is 1. The number of hydrogen-bond acceptors (Lipinski definition) is 2. The Morgan fingerprint density at radius 2 is 2.00 bits per heavy atom. The molecule has 0 bridgehead atoms. The van der Waals surface area contributed by atoms with E-state index in [1.807, 2.05) is 24.3 Å². The lowest BCUT2D eigenvalue weighted by atomic mass is 10.2. The molecule has 0 aromatic heterocycles. The van der Waals surface area contributed by atoms with E-state index in [1.54, 1.807) is 23.9 Å². The molecule has 0 aliphatic heterocycles. The highest BCUT2D eigenvalue weighted by Gasteiger charge is 2.01. The van der Waals surface area contributed by atoms with E-state index in [4.69, 9.17) is 17.3 Å². The van der Waals surface area contributed by atoms with Gasteiger partial charge in [0.2, 0.25) is 0 Å². The maximum absolute atomic E-state index is 13.0. The van der Waals surface area contributed by atoms with Crippen molar-refractivity contribution in [2.45, 2.75) is 10.6 Å². The third-order valence-corrected chi connectivity index (χ3v) is 3.56. The van der Waals surface area contributed by atoms with Gasteiger partial charge in [-0.15, -0.1) is 11.8 Å². The molecule has 0 saturated heterocycles. The van der Waals surface area contributed by atoms with Gasteiger partial charge in [0.25, 0.3) is 0 Å². The second-order valence-electron chi connectivity index (χ2n) is 3.60. The molecule has 2 rings (SSSR count). The minimum Gasteiger partial charge on any atom is -0.396 e. The molecule has 0 aliphatic rings. The molecular formula is C13H11ClFNS. The first kappa shape index (κ1) is 12.3. The van der Waals surface area contributed by atoms with Crippen LogP contribution in [0.3, 0.4) is 0 Å². The first-order chi connectivity index (χ1) is 8.15. The van der Waals surface area contributed by atoms with Crippen LogP contribution in [0, 0.1) is 5.82 Å². The molecule has 2 aromatic carbocycles. The van der Waals surface area contributed by atoms with Crippen LogP contribution in [0.5, 0.6) is 0 Å². The number of hydrogen-bond donors (Lipinski definition) is 1. The zero-order valence-electron chi connectivity index (χ0n) is 8.99. The summed E-state index contributed by atoms with van der Waals surface area (Å²) in [4.78, 5) is 0.948. The number of nitrogens with two attached hydrogens (primary N) is 1. The third-order valence-electron chi connectivity index (χ3n) is 2.26. The fourth-order valence-corrected chi connectivity index (χ4v) is 2.51. The summed E-state index contributed by atoms with van der Waals surface area (Å²) in [6.45, 7) is 0. The Balaban J connectivity index is 2.05. The molecule has 2 N–H and O–H groups in total. The average molecular weight is 268 g/mol. The molecule has 2 aromatic rings. The lowest BCUT2D eigenvalue weighted by Crippen LogP contribution is -1.90. The summed E-state index contributed by atoms with van der Waals surface area (Å²) in [7, 11) is 0. The Hall–Kier alpha value is -1.19. The second-order valence-corrected chi connectivity index (χ2v) is 5.09. The first-order valence-corrected chi connectivity index (χ1v) is 6.44. The summed E-state index contributed by atoms with van der Waals surface area (Å²) in [5, 5.41) is 0.724. The van der Waals surface area contributed by atoms with Crippen LogP contribution < -0.4 is 5.73 Å². The van der Waals surface area contributed by atoms with Crippen molar-refractivity contribution in [3.63, 3.8) is 0 Å². The van der Waals surface area contributed by atoms with E-state index in [0.717, 1.165) is 21.2 Å². The highest BCUT2D eigenvalue weighted by atomic mass is 35.5. The number of rotatable bonds is 3. The van der Waals surface area contributed by atoms with E-state index in [9.17, 15) is 4.39 Å². The molecule has 0 aliphatic carbocycles. The molecule has 0 saturated carbocycles. The Kier molecular flexibility index (Phi) is 3.92. The summed E-state index contributed by atoms with van der Waals surface area (Å²) in [5.74, 6) is 0.406. The summed E-state index contributed by atoms with van der Waals surface area (Å²) in [6.07, 6.45) is 0. The minimum atomic E-state index is -0.378. The predicted molar refractivity (Wildman–Crippen MR) is 71.8 cm³/mol. The minimum absolute atomic E-state index is 0.182. The van der Waals surface area contributed by atoms with Gasteiger partial charge in [-0.2, -0.15) is 0 Å². The van der Waals surface area contributed by atoms with Crippen LogP contribution in [0.15, 0.2) is 47.4 Å². The van der Waals surface area contributed by atoms with Gasteiger partial charge in [0.15, 0.2) is 0 Å². The molecule has 0 atom stereocenters. The zero-order valence-corrected chi connectivity index (χ0v) is 10.6. The number of benzene rings is 2. The van der Waals surface area contributed by atoms with Crippen molar-refractivity contribution in [3.05, 3.63) is 58.9 Å². The van der Waals surface area contributed by atoms with Crippen molar-refractivity contribution in [3.8, 4) is 0 Å². The molecule has 0 radical (unpaired) electrons. The van der Waals surface area contributed by atoms with Crippen LogP contribution in [0.25, 0.3) is 0 Å². The standard InChI is InChI=1S/C13H11ClFNS/c14-10-3-1-2-9(6-10)8-17-11-4-5-12(15)13(16)7-11/h1-7H,8,16H2. The summed E-state index contributed by atoms with van der Waals surface area (Å²) in [5.41, 5.74) is 6.82. The van der Waals surface area contributed by atoms with Gasteiger partial charge >= 0.3 is 0 Å². The molecule has 0 fully saturated rings. The average Bonchev–Trinajstić information content (AvgIpc) is 2.31.